The smallest absolute Gasteiger partial charge is 0.253 e. The van der Waals surface area contributed by atoms with E-state index in [0.717, 1.165) is 10.7 Å². The van der Waals surface area contributed by atoms with Crippen LogP contribution in [-0.2, 0) is 14.8 Å². The minimum atomic E-state index is -3.67. The lowest BCUT2D eigenvalue weighted by Gasteiger charge is -2.27. The van der Waals surface area contributed by atoms with Gasteiger partial charge in [0.15, 0.2) is 5.82 Å². The number of carbonyl (C=O) groups excluding carboxylic acids is 1. The van der Waals surface area contributed by atoms with Crippen LogP contribution in [0.2, 0.25) is 0 Å². The molecule has 1 aromatic heterocycles. The molecule has 0 spiro atoms. The van der Waals surface area contributed by atoms with E-state index in [9.17, 15) is 13.2 Å². The van der Waals surface area contributed by atoms with Gasteiger partial charge in [-0.25, -0.2) is 13.4 Å². The van der Waals surface area contributed by atoms with Crippen LogP contribution < -0.4 is 25.4 Å². The number of amides is 1. The Morgan fingerprint density at radius 1 is 1.22 bits per heavy atom. The number of hydrogen-bond donors (Lipinski definition) is 3. The molecule has 1 heterocycles. The second-order valence-corrected chi connectivity index (χ2v) is 12.3. The Hall–Kier alpha value is -2.89. The number of aromatic nitrogens is 1. The van der Waals surface area contributed by atoms with Crippen LogP contribution in [0.4, 0.5) is 11.5 Å². The predicted molar refractivity (Wildman–Crippen MR) is 145 cm³/mol. The number of ether oxygens (including phenoxy) is 2. The zero-order chi connectivity index (χ0) is 27.2. The molecular formula is C26H39N5O5S. The summed E-state index contributed by atoms with van der Waals surface area (Å²) in [4.78, 5) is 17.9. The minimum absolute atomic E-state index is 0.127. The van der Waals surface area contributed by atoms with Crippen molar-refractivity contribution in [1.82, 2.24) is 10.3 Å². The highest BCUT2D eigenvalue weighted by atomic mass is 32.2. The van der Waals surface area contributed by atoms with Crippen molar-refractivity contribution in [2.75, 3.05) is 43.5 Å². The number of benzene rings is 1. The second-order valence-electron chi connectivity index (χ2n) is 9.80. The third-order valence-electron chi connectivity index (χ3n) is 6.63. The average molecular weight is 534 g/mol. The number of carbonyl (C=O) groups is 1. The highest BCUT2D eigenvalue weighted by Gasteiger charge is 2.34. The normalized spacial score (nSPS) is 18.7. The van der Waals surface area contributed by atoms with Crippen LogP contribution in [0.3, 0.4) is 0 Å². The van der Waals surface area contributed by atoms with Crippen LogP contribution in [0.15, 0.2) is 42.6 Å². The maximum absolute atomic E-state index is 13.6. The molecule has 1 aliphatic carbocycles. The Balaban J connectivity index is 1.89. The number of nitrogens with two attached hydrogens (primary N) is 1. The summed E-state index contributed by atoms with van der Waals surface area (Å²) in [6.45, 7) is 6.33. The topological polar surface area (TPSA) is 136 Å². The van der Waals surface area contributed by atoms with Gasteiger partial charge in [0.05, 0.1) is 35.2 Å². The Morgan fingerprint density at radius 3 is 2.49 bits per heavy atom. The molecule has 1 amide bonds. The summed E-state index contributed by atoms with van der Waals surface area (Å²) in [5.74, 6) is 1.44. The number of hydrogen-bond acceptors (Lipinski definition) is 8. The molecule has 3 rings (SSSR count). The third-order valence-corrected chi connectivity index (χ3v) is 8.76. The molecule has 204 valence electrons. The fourth-order valence-electron chi connectivity index (χ4n) is 3.94. The van der Waals surface area contributed by atoms with Crippen LogP contribution in [0.5, 0.6) is 5.75 Å². The molecule has 1 saturated carbocycles. The van der Waals surface area contributed by atoms with Crippen LogP contribution in [-0.4, -0.2) is 70.6 Å². The summed E-state index contributed by atoms with van der Waals surface area (Å²) in [6, 6.07) is 9.71. The summed E-state index contributed by atoms with van der Waals surface area (Å²) in [5, 5.41) is 5.63. The summed E-state index contributed by atoms with van der Waals surface area (Å²) >= 11 is 0. The van der Waals surface area contributed by atoms with Gasteiger partial charge in [0.1, 0.15) is 12.4 Å². The van der Waals surface area contributed by atoms with Crippen molar-refractivity contribution >= 4 is 27.4 Å². The molecule has 1 aromatic carbocycles. The van der Waals surface area contributed by atoms with Gasteiger partial charge >= 0.3 is 0 Å². The Kier molecular flexibility index (Phi) is 9.74. The first kappa shape index (κ1) is 28.7. The number of nitrogens with one attached hydrogen (secondary N) is 2. The lowest BCUT2D eigenvalue weighted by atomic mass is 10.1. The summed E-state index contributed by atoms with van der Waals surface area (Å²) in [6.07, 6.45) is 2.51. The van der Waals surface area contributed by atoms with E-state index in [1.165, 1.54) is 20.4 Å². The molecule has 2 aromatic rings. The molecule has 3 unspecified atom stereocenters. The standard InChI is InChI=1S/C26H39N5O5S/c1-17(2)37(33,34)31(4)25-24(29-14-19-13-18(19)3)21(11-12-28-25)26(32)30-23(22(27)15-35-5)16-36-20-9-7-6-8-10-20/h6-12,17-19,22-23,29H,13-16,27H2,1-5H3,(H,30,32)/t18?,19?,22-,23?/m0/s1. The lowest BCUT2D eigenvalue weighted by molar-refractivity contribution is 0.0884. The molecule has 37 heavy (non-hydrogen) atoms. The van der Waals surface area contributed by atoms with Gasteiger partial charge in [-0.05, 0) is 50.3 Å². The van der Waals surface area contributed by atoms with Crippen molar-refractivity contribution in [1.29, 1.82) is 0 Å². The van der Waals surface area contributed by atoms with E-state index in [1.54, 1.807) is 19.9 Å². The zero-order valence-electron chi connectivity index (χ0n) is 22.2. The summed E-state index contributed by atoms with van der Waals surface area (Å²) in [7, 11) is -0.676. The van der Waals surface area contributed by atoms with Crippen LogP contribution >= 0.6 is 0 Å². The first-order chi connectivity index (χ1) is 17.6. The van der Waals surface area contributed by atoms with E-state index in [1.807, 2.05) is 30.3 Å². The molecular weight excluding hydrogens is 494 g/mol. The van der Waals surface area contributed by atoms with Crippen molar-refractivity contribution in [3.05, 3.63) is 48.2 Å². The van der Waals surface area contributed by atoms with E-state index in [4.69, 9.17) is 15.2 Å². The monoisotopic (exact) mass is 533 g/mol. The van der Waals surface area contributed by atoms with Gasteiger partial charge in [-0.1, -0.05) is 25.1 Å². The maximum Gasteiger partial charge on any atom is 0.253 e. The Morgan fingerprint density at radius 2 is 1.89 bits per heavy atom. The van der Waals surface area contributed by atoms with Gasteiger partial charge in [0.2, 0.25) is 10.0 Å². The van der Waals surface area contributed by atoms with Gasteiger partial charge in [-0.3, -0.25) is 9.10 Å². The number of rotatable bonds is 14. The zero-order valence-corrected chi connectivity index (χ0v) is 23.0. The number of methoxy groups -OCH3 is 1. The fourth-order valence-corrected chi connectivity index (χ4v) is 4.95. The van der Waals surface area contributed by atoms with Gasteiger partial charge in [0, 0.05) is 26.9 Å². The molecule has 0 bridgehead atoms. The highest BCUT2D eigenvalue weighted by Crippen LogP contribution is 2.39. The quantitative estimate of drug-likeness (QED) is 0.337. The number of nitrogens with zero attached hydrogens (tertiary/aromatic N) is 2. The fraction of sp³-hybridized carbons (Fsp3) is 0.538. The van der Waals surface area contributed by atoms with Gasteiger partial charge in [-0.15, -0.1) is 0 Å². The first-order valence-corrected chi connectivity index (χ1v) is 14.0. The number of sulfonamides is 1. The van der Waals surface area contributed by atoms with Crippen molar-refractivity contribution in [3.8, 4) is 5.75 Å². The number of pyridine rings is 1. The minimum Gasteiger partial charge on any atom is -0.491 e. The van der Waals surface area contributed by atoms with Crippen LogP contribution in [0, 0.1) is 11.8 Å². The van der Waals surface area contributed by atoms with Crippen molar-refractivity contribution < 1.29 is 22.7 Å². The number of anilines is 2. The van der Waals surface area contributed by atoms with E-state index >= 15 is 0 Å². The first-order valence-electron chi connectivity index (χ1n) is 12.5. The largest absolute Gasteiger partial charge is 0.491 e. The third kappa shape index (κ3) is 7.33. The lowest BCUT2D eigenvalue weighted by Crippen LogP contribution is -2.53. The van der Waals surface area contributed by atoms with Crippen molar-refractivity contribution in [2.45, 2.75) is 44.5 Å². The predicted octanol–water partition coefficient (Wildman–Crippen LogP) is 2.48. The molecule has 10 nitrogen and oxygen atoms in total. The van der Waals surface area contributed by atoms with Crippen molar-refractivity contribution in [2.24, 2.45) is 17.6 Å². The summed E-state index contributed by atoms with van der Waals surface area (Å²) < 4.78 is 38.1. The van der Waals surface area contributed by atoms with E-state index in [2.05, 4.69) is 22.5 Å². The Labute approximate surface area is 220 Å². The summed E-state index contributed by atoms with van der Waals surface area (Å²) in [5.41, 5.74) is 6.96. The average Bonchev–Trinajstić information content (AvgIpc) is 3.59. The van der Waals surface area contributed by atoms with Gasteiger partial charge < -0.3 is 25.8 Å². The SMILES string of the molecule is COC[C@H](N)C(COc1ccccc1)NC(=O)c1ccnc(N(C)S(=O)(=O)C(C)C)c1NCC1CC1C. The molecule has 0 radical (unpaired) electrons. The van der Waals surface area contributed by atoms with E-state index in [-0.39, 0.29) is 24.6 Å². The molecule has 0 saturated heterocycles. The Bertz CT molecular complexity index is 1150. The van der Waals surface area contributed by atoms with E-state index in [0.29, 0.717) is 29.8 Å². The van der Waals surface area contributed by atoms with Gasteiger partial charge in [0.25, 0.3) is 5.91 Å². The highest BCUT2D eigenvalue weighted by molar-refractivity contribution is 7.93. The van der Waals surface area contributed by atoms with Gasteiger partial charge in [-0.2, -0.15) is 0 Å². The van der Waals surface area contributed by atoms with Crippen molar-refractivity contribution in [3.63, 3.8) is 0 Å². The maximum atomic E-state index is 13.6. The molecule has 0 aliphatic heterocycles. The molecule has 1 aliphatic rings. The number of para-hydroxylation sites is 1. The molecule has 11 heteroatoms. The van der Waals surface area contributed by atoms with Crippen LogP contribution in [0.25, 0.3) is 0 Å². The van der Waals surface area contributed by atoms with E-state index < -0.39 is 33.3 Å². The van der Waals surface area contributed by atoms with Crippen LogP contribution in [0.1, 0.15) is 37.6 Å². The molecule has 1 fully saturated rings. The second kappa shape index (κ2) is 12.6. The molecule has 4 atom stereocenters. The molecule has 4 N–H and O–H groups in total.